The fourth-order valence-electron chi connectivity index (χ4n) is 3.49. The highest BCUT2D eigenvalue weighted by atomic mass is 16.4. The summed E-state index contributed by atoms with van der Waals surface area (Å²) in [6, 6.07) is 0. The van der Waals surface area contributed by atoms with Gasteiger partial charge in [0.25, 0.3) is 0 Å². The van der Waals surface area contributed by atoms with Crippen molar-refractivity contribution >= 4 is 11.9 Å². The average molecular weight is 297 g/mol. The van der Waals surface area contributed by atoms with Crippen LogP contribution in [0.2, 0.25) is 0 Å². The minimum Gasteiger partial charge on any atom is -0.480 e. The molecule has 1 saturated heterocycles. The fourth-order valence-corrected chi connectivity index (χ4v) is 3.49. The van der Waals surface area contributed by atoms with Gasteiger partial charge in [0.1, 0.15) is 0 Å². The molecule has 0 aromatic rings. The van der Waals surface area contributed by atoms with Crippen molar-refractivity contribution in [3.63, 3.8) is 0 Å². The molecule has 2 aliphatic rings. The molecule has 1 aliphatic heterocycles. The monoisotopic (exact) mass is 297 g/mol. The normalized spacial score (nSPS) is 23.0. The van der Waals surface area contributed by atoms with Crippen LogP contribution in [0.3, 0.4) is 0 Å². The van der Waals surface area contributed by atoms with E-state index in [0.717, 1.165) is 12.8 Å². The molecule has 21 heavy (non-hydrogen) atoms. The van der Waals surface area contributed by atoms with Gasteiger partial charge >= 0.3 is 5.97 Å². The highest BCUT2D eigenvalue weighted by Crippen LogP contribution is 2.31. The maximum Gasteiger partial charge on any atom is 0.317 e. The minimum atomic E-state index is -0.800. The van der Waals surface area contributed by atoms with Crippen LogP contribution >= 0.6 is 0 Å². The molecule has 0 radical (unpaired) electrons. The van der Waals surface area contributed by atoms with Crippen LogP contribution in [0.25, 0.3) is 0 Å². The largest absolute Gasteiger partial charge is 0.480 e. The molecule has 1 saturated carbocycles. The summed E-state index contributed by atoms with van der Waals surface area (Å²) in [7, 11) is 1.96. The molecule has 120 valence electrons. The molecule has 0 aromatic carbocycles. The van der Waals surface area contributed by atoms with Crippen LogP contribution in [0, 0.1) is 0 Å². The second-order valence-electron chi connectivity index (χ2n) is 6.32. The van der Waals surface area contributed by atoms with E-state index in [-0.39, 0.29) is 18.0 Å². The summed E-state index contributed by atoms with van der Waals surface area (Å²) in [5.74, 6) is -0.590. The molecule has 0 bridgehead atoms. The topological polar surface area (TPSA) is 72.9 Å². The predicted molar refractivity (Wildman–Crippen MR) is 80.1 cm³/mol. The van der Waals surface area contributed by atoms with Gasteiger partial charge in [-0.05, 0) is 19.9 Å². The minimum absolute atomic E-state index is 0.0203. The highest BCUT2D eigenvalue weighted by Gasteiger charge is 2.34. The van der Waals surface area contributed by atoms with Crippen LogP contribution in [-0.2, 0) is 9.59 Å². The standard InChI is InChI=1S/C15H27N3O3/c1-16-15(5-3-2-4-6-15)11-13(19)18-9-7-17(8-10-18)12-14(20)21/h16H,2-12H2,1H3,(H,20,21). The van der Waals surface area contributed by atoms with Crippen LogP contribution in [0.15, 0.2) is 0 Å². The molecule has 1 heterocycles. The molecular formula is C15H27N3O3. The Morgan fingerprint density at radius 1 is 1.10 bits per heavy atom. The zero-order chi connectivity index (χ0) is 15.3. The van der Waals surface area contributed by atoms with E-state index in [0.29, 0.717) is 32.6 Å². The number of rotatable bonds is 5. The van der Waals surface area contributed by atoms with E-state index in [1.54, 1.807) is 0 Å². The number of piperazine rings is 1. The number of carbonyl (C=O) groups is 2. The van der Waals surface area contributed by atoms with Crippen molar-refractivity contribution in [1.82, 2.24) is 15.1 Å². The van der Waals surface area contributed by atoms with Gasteiger partial charge in [0, 0.05) is 38.1 Å². The number of hydrogen-bond acceptors (Lipinski definition) is 4. The first kappa shape index (κ1) is 16.2. The Morgan fingerprint density at radius 3 is 2.24 bits per heavy atom. The molecule has 0 spiro atoms. The van der Waals surface area contributed by atoms with Crippen molar-refractivity contribution in [2.45, 2.75) is 44.1 Å². The summed E-state index contributed by atoms with van der Waals surface area (Å²) < 4.78 is 0. The van der Waals surface area contributed by atoms with Gasteiger partial charge in [-0.2, -0.15) is 0 Å². The number of carbonyl (C=O) groups excluding carboxylic acids is 1. The van der Waals surface area contributed by atoms with Crippen molar-refractivity contribution in [3.8, 4) is 0 Å². The van der Waals surface area contributed by atoms with Gasteiger partial charge < -0.3 is 15.3 Å². The lowest BCUT2D eigenvalue weighted by atomic mass is 9.79. The van der Waals surface area contributed by atoms with Gasteiger partial charge in [0.15, 0.2) is 0 Å². The van der Waals surface area contributed by atoms with Gasteiger partial charge in [-0.25, -0.2) is 0 Å². The van der Waals surface area contributed by atoms with E-state index in [9.17, 15) is 9.59 Å². The third-order valence-corrected chi connectivity index (χ3v) is 4.91. The quantitative estimate of drug-likeness (QED) is 0.774. The molecule has 1 aliphatic carbocycles. The summed E-state index contributed by atoms with van der Waals surface area (Å²) in [6.07, 6.45) is 6.39. The van der Waals surface area contributed by atoms with E-state index < -0.39 is 5.97 Å². The van der Waals surface area contributed by atoms with Crippen LogP contribution in [0.1, 0.15) is 38.5 Å². The van der Waals surface area contributed by atoms with Crippen molar-refractivity contribution in [3.05, 3.63) is 0 Å². The SMILES string of the molecule is CNC1(CC(=O)N2CCN(CC(=O)O)CC2)CCCCC1. The van der Waals surface area contributed by atoms with Gasteiger partial charge in [-0.15, -0.1) is 0 Å². The Hall–Kier alpha value is -1.14. The molecule has 6 nitrogen and oxygen atoms in total. The first-order chi connectivity index (χ1) is 10.0. The van der Waals surface area contributed by atoms with Crippen molar-refractivity contribution in [1.29, 1.82) is 0 Å². The number of amides is 1. The number of carboxylic acids is 1. The number of carboxylic acid groups (broad SMARTS) is 1. The molecule has 6 heteroatoms. The molecule has 0 aromatic heterocycles. The van der Waals surface area contributed by atoms with Crippen molar-refractivity contribution < 1.29 is 14.7 Å². The van der Waals surface area contributed by atoms with Crippen molar-refractivity contribution in [2.75, 3.05) is 39.8 Å². The van der Waals surface area contributed by atoms with Crippen LogP contribution in [0.5, 0.6) is 0 Å². The molecule has 2 N–H and O–H groups in total. The molecule has 0 atom stereocenters. The van der Waals surface area contributed by atoms with Crippen LogP contribution in [-0.4, -0.2) is 72.1 Å². The van der Waals surface area contributed by atoms with Crippen molar-refractivity contribution in [2.24, 2.45) is 0 Å². The first-order valence-corrected chi connectivity index (χ1v) is 7.95. The van der Waals surface area contributed by atoms with E-state index in [1.807, 2.05) is 16.8 Å². The van der Waals surface area contributed by atoms with Gasteiger partial charge in [-0.3, -0.25) is 14.5 Å². The Kier molecular flexibility index (Phi) is 5.58. The Morgan fingerprint density at radius 2 is 1.71 bits per heavy atom. The number of nitrogens with zero attached hydrogens (tertiary/aromatic N) is 2. The summed E-state index contributed by atoms with van der Waals surface area (Å²) >= 11 is 0. The third-order valence-electron chi connectivity index (χ3n) is 4.91. The number of nitrogens with one attached hydrogen (secondary N) is 1. The summed E-state index contributed by atoms with van der Waals surface area (Å²) in [5.41, 5.74) is -0.0203. The third kappa shape index (κ3) is 4.41. The average Bonchev–Trinajstić information content (AvgIpc) is 2.48. The Labute approximate surface area is 126 Å². The lowest BCUT2D eigenvalue weighted by Crippen LogP contribution is -2.53. The lowest BCUT2D eigenvalue weighted by molar-refractivity contribution is -0.139. The maximum atomic E-state index is 12.5. The van der Waals surface area contributed by atoms with Gasteiger partial charge in [0.05, 0.1) is 6.54 Å². The lowest BCUT2D eigenvalue weighted by Gasteiger charge is -2.40. The fraction of sp³-hybridized carbons (Fsp3) is 0.867. The molecule has 2 fully saturated rings. The summed E-state index contributed by atoms with van der Waals surface area (Å²) in [6.45, 7) is 2.68. The van der Waals surface area contributed by atoms with Gasteiger partial charge in [0.2, 0.25) is 5.91 Å². The second kappa shape index (κ2) is 7.22. The summed E-state index contributed by atoms with van der Waals surface area (Å²) in [5, 5.41) is 12.2. The summed E-state index contributed by atoms with van der Waals surface area (Å²) in [4.78, 5) is 27.0. The van der Waals surface area contributed by atoms with Crippen LogP contribution < -0.4 is 5.32 Å². The second-order valence-corrected chi connectivity index (χ2v) is 6.32. The number of aliphatic carboxylic acids is 1. The first-order valence-electron chi connectivity index (χ1n) is 7.95. The maximum absolute atomic E-state index is 12.5. The highest BCUT2D eigenvalue weighted by molar-refractivity contribution is 5.77. The zero-order valence-electron chi connectivity index (χ0n) is 12.9. The zero-order valence-corrected chi connectivity index (χ0v) is 12.9. The van der Waals surface area contributed by atoms with E-state index in [1.165, 1.54) is 19.3 Å². The van der Waals surface area contributed by atoms with E-state index >= 15 is 0 Å². The smallest absolute Gasteiger partial charge is 0.317 e. The van der Waals surface area contributed by atoms with Crippen LogP contribution in [0.4, 0.5) is 0 Å². The molecule has 0 unspecified atom stereocenters. The van der Waals surface area contributed by atoms with E-state index in [2.05, 4.69) is 5.32 Å². The predicted octanol–water partition coefficient (Wildman–Crippen LogP) is 0.528. The Balaban J connectivity index is 1.82. The molecule has 2 rings (SSSR count). The van der Waals surface area contributed by atoms with E-state index in [4.69, 9.17) is 5.11 Å². The Bertz CT molecular complexity index is 372. The number of hydrogen-bond donors (Lipinski definition) is 2. The molecular weight excluding hydrogens is 270 g/mol. The molecule has 1 amide bonds. The van der Waals surface area contributed by atoms with Gasteiger partial charge in [-0.1, -0.05) is 19.3 Å².